The Morgan fingerprint density at radius 3 is 2.00 bits per heavy atom. The van der Waals surface area contributed by atoms with Crippen molar-refractivity contribution in [3.05, 3.63) is 72.2 Å². The molecule has 2 aliphatic rings. The van der Waals surface area contributed by atoms with Crippen LogP contribution in [0.4, 0.5) is 0 Å². The van der Waals surface area contributed by atoms with Gasteiger partial charge < -0.3 is 15.2 Å². The van der Waals surface area contributed by atoms with Crippen molar-refractivity contribution in [1.82, 2.24) is 4.90 Å². The third-order valence-corrected chi connectivity index (χ3v) is 2.65. The first kappa shape index (κ1) is 13.9. The number of rotatable bonds is 2. The van der Waals surface area contributed by atoms with E-state index >= 15 is 0 Å². The van der Waals surface area contributed by atoms with E-state index in [0.29, 0.717) is 0 Å². The number of nitrogens with zero attached hydrogens (tertiary/aromatic N) is 1. The van der Waals surface area contributed by atoms with Gasteiger partial charge in [-0.25, -0.2) is 0 Å². The number of carbonyl (C=O) groups excluding carboxylic acids is 1. The maximum absolute atomic E-state index is 10.5. The molecule has 0 fully saturated rings. The summed E-state index contributed by atoms with van der Waals surface area (Å²) in [4.78, 5) is 12.5. The van der Waals surface area contributed by atoms with Crippen LogP contribution in [0, 0.1) is 5.92 Å². The third kappa shape index (κ3) is 3.71. The molecule has 2 N–H and O–H groups in total. The molecular formula is C15H17NO2. The molecule has 1 aliphatic carbocycles. The molecule has 0 saturated heterocycles. The zero-order valence-corrected chi connectivity index (χ0v) is 10.3. The fourth-order valence-corrected chi connectivity index (χ4v) is 1.58. The van der Waals surface area contributed by atoms with Gasteiger partial charge in [0.05, 0.1) is 5.92 Å². The van der Waals surface area contributed by atoms with Crippen LogP contribution in [0.5, 0.6) is 0 Å². The van der Waals surface area contributed by atoms with Gasteiger partial charge in [-0.15, -0.1) is 0 Å². The number of carbonyl (C=O) groups is 1. The minimum absolute atomic E-state index is 0. The summed E-state index contributed by atoms with van der Waals surface area (Å²) < 4.78 is 0. The first-order valence-corrected chi connectivity index (χ1v) is 5.60. The molecule has 0 aromatic heterocycles. The zero-order chi connectivity index (χ0) is 12.1. The highest BCUT2D eigenvalue weighted by Crippen LogP contribution is 2.14. The Hall–Kier alpha value is -2.13. The van der Waals surface area contributed by atoms with Gasteiger partial charge in [-0.1, -0.05) is 36.5 Å². The van der Waals surface area contributed by atoms with Crippen LogP contribution in [-0.2, 0) is 4.79 Å². The lowest BCUT2D eigenvalue weighted by molar-refractivity contribution is -0.108. The minimum Gasteiger partial charge on any atom is -0.412 e. The van der Waals surface area contributed by atoms with Gasteiger partial charge in [0.2, 0.25) is 0 Å². The van der Waals surface area contributed by atoms with Crippen LogP contribution in [0.25, 0.3) is 0 Å². The highest BCUT2D eigenvalue weighted by atomic mass is 16.1. The minimum atomic E-state index is -0.0667. The number of allylic oxidation sites excluding steroid dienone is 10. The van der Waals surface area contributed by atoms with Crippen molar-refractivity contribution < 1.29 is 10.3 Å². The van der Waals surface area contributed by atoms with E-state index in [-0.39, 0.29) is 11.4 Å². The number of aldehydes is 1. The molecule has 0 aromatic rings. The second-order valence-corrected chi connectivity index (χ2v) is 4.06. The van der Waals surface area contributed by atoms with E-state index in [9.17, 15) is 4.79 Å². The van der Waals surface area contributed by atoms with Crippen LogP contribution in [0.2, 0.25) is 0 Å². The smallest absolute Gasteiger partial charge is 0.130 e. The summed E-state index contributed by atoms with van der Waals surface area (Å²) in [6.45, 7) is 0. The molecule has 0 spiro atoms. The van der Waals surface area contributed by atoms with Gasteiger partial charge in [-0.05, 0) is 23.3 Å². The van der Waals surface area contributed by atoms with E-state index in [4.69, 9.17) is 0 Å². The Labute approximate surface area is 107 Å². The standard InChI is InChI=1S/C15H15NO.H2O/c1-16-10-8-14(9-11-16)3-2-13-4-6-15(12-17)7-5-13;/h2-12,15H,1H3;1H2. The van der Waals surface area contributed by atoms with Crippen molar-refractivity contribution >= 4 is 6.29 Å². The lowest BCUT2D eigenvalue weighted by Crippen LogP contribution is -2.02. The van der Waals surface area contributed by atoms with Gasteiger partial charge in [0, 0.05) is 19.4 Å². The van der Waals surface area contributed by atoms with Crippen molar-refractivity contribution in [3.8, 4) is 0 Å². The van der Waals surface area contributed by atoms with Gasteiger partial charge in [0.25, 0.3) is 0 Å². The lowest BCUT2D eigenvalue weighted by Gasteiger charge is -2.11. The normalized spacial score (nSPS) is 20.7. The van der Waals surface area contributed by atoms with E-state index in [2.05, 4.69) is 18.2 Å². The van der Waals surface area contributed by atoms with Crippen LogP contribution < -0.4 is 0 Å². The van der Waals surface area contributed by atoms with Crippen molar-refractivity contribution in [1.29, 1.82) is 0 Å². The maximum atomic E-state index is 10.5. The fraction of sp³-hybridized carbons (Fsp3) is 0.133. The molecule has 0 atom stereocenters. The summed E-state index contributed by atoms with van der Waals surface area (Å²) in [6, 6.07) is 0. The van der Waals surface area contributed by atoms with Crippen LogP contribution in [0.3, 0.4) is 0 Å². The van der Waals surface area contributed by atoms with Crippen molar-refractivity contribution in [2.75, 3.05) is 7.05 Å². The Kier molecular flexibility index (Phi) is 5.08. The number of hydrogen-bond acceptors (Lipinski definition) is 2. The molecule has 0 unspecified atom stereocenters. The molecule has 18 heavy (non-hydrogen) atoms. The fourth-order valence-electron chi connectivity index (χ4n) is 1.58. The van der Waals surface area contributed by atoms with Gasteiger partial charge >= 0.3 is 0 Å². The zero-order valence-electron chi connectivity index (χ0n) is 10.3. The molecule has 0 aromatic carbocycles. The molecular weight excluding hydrogens is 226 g/mol. The van der Waals surface area contributed by atoms with Crippen LogP contribution in [0.1, 0.15) is 0 Å². The molecule has 2 rings (SSSR count). The molecule has 0 amide bonds. The summed E-state index contributed by atoms with van der Waals surface area (Å²) in [5, 5.41) is 0. The van der Waals surface area contributed by atoms with Crippen LogP contribution in [0.15, 0.2) is 72.2 Å². The third-order valence-electron chi connectivity index (χ3n) is 2.65. The van der Waals surface area contributed by atoms with Gasteiger partial charge in [0.15, 0.2) is 0 Å². The molecule has 94 valence electrons. The van der Waals surface area contributed by atoms with Crippen molar-refractivity contribution in [3.63, 3.8) is 0 Å². The quantitative estimate of drug-likeness (QED) is 0.696. The largest absolute Gasteiger partial charge is 0.412 e. The monoisotopic (exact) mass is 243 g/mol. The summed E-state index contributed by atoms with van der Waals surface area (Å²) in [5.41, 5.74) is 2.27. The molecule has 0 bridgehead atoms. The Morgan fingerprint density at radius 1 is 1.00 bits per heavy atom. The summed E-state index contributed by atoms with van der Waals surface area (Å²) >= 11 is 0. The second-order valence-electron chi connectivity index (χ2n) is 4.06. The highest BCUT2D eigenvalue weighted by molar-refractivity contribution is 5.62. The molecule has 1 heterocycles. The first-order chi connectivity index (χ1) is 8.28. The summed E-state index contributed by atoms with van der Waals surface area (Å²) in [7, 11) is 1.99. The summed E-state index contributed by atoms with van der Waals surface area (Å²) in [6.07, 6.45) is 20.9. The molecule has 0 radical (unpaired) electrons. The molecule has 1 aliphatic heterocycles. The van der Waals surface area contributed by atoms with E-state index in [1.165, 1.54) is 0 Å². The van der Waals surface area contributed by atoms with Crippen molar-refractivity contribution in [2.45, 2.75) is 0 Å². The van der Waals surface area contributed by atoms with Crippen LogP contribution >= 0.6 is 0 Å². The Morgan fingerprint density at radius 2 is 1.50 bits per heavy atom. The maximum Gasteiger partial charge on any atom is 0.130 e. The van der Waals surface area contributed by atoms with Gasteiger partial charge in [0.1, 0.15) is 6.29 Å². The van der Waals surface area contributed by atoms with Gasteiger partial charge in [-0.2, -0.15) is 0 Å². The topological polar surface area (TPSA) is 51.8 Å². The van der Waals surface area contributed by atoms with E-state index in [1.54, 1.807) is 0 Å². The van der Waals surface area contributed by atoms with E-state index in [1.807, 2.05) is 54.7 Å². The second kappa shape index (κ2) is 6.57. The van der Waals surface area contributed by atoms with Crippen LogP contribution in [-0.4, -0.2) is 23.7 Å². The predicted octanol–water partition coefficient (Wildman–Crippen LogP) is 1.93. The average molecular weight is 243 g/mol. The van der Waals surface area contributed by atoms with Crippen molar-refractivity contribution in [2.24, 2.45) is 5.92 Å². The average Bonchev–Trinajstić information content (AvgIpc) is 2.39. The highest BCUT2D eigenvalue weighted by Gasteiger charge is 2.01. The predicted molar refractivity (Wildman–Crippen MR) is 73.7 cm³/mol. The SMILES string of the molecule is CN1C=CC(=CC=C2C=CC(C=O)C=C2)C=C1.O. The first-order valence-electron chi connectivity index (χ1n) is 5.60. The lowest BCUT2D eigenvalue weighted by atomic mass is 10.0. The Balaban J connectivity index is 0.00000162. The van der Waals surface area contributed by atoms with E-state index in [0.717, 1.165) is 17.4 Å². The molecule has 3 heteroatoms. The van der Waals surface area contributed by atoms with Gasteiger partial charge in [-0.3, -0.25) is 0 Å². The number of hydrogen-bond donors (Lipinski definition) is 0. The Bertz CT molecular complexity index is 447. The summed E-state index contributed by atoms with van der Waals surface area (Å²) in [5.74, 6) is -0.0667. The van der Waals surface area contributed by atoms with E-state index < -0.39 is 0 Å². The molecule has 3 nitrogen and oxygen atoms in total. The molecule has 0 saturated carbocycles.